The summed E-state index contributed by atoms with van der Waals surface area (Å²) in [6.07, 6.45) is -4.40. The maximum absolute atomic E-state index is 12.5. The zero-order chi connectivity index (χ0) is 11.8. The molecule has 0 aliphatic heterocycles. The van der Waals surface area contributed by atoms with Gasteiger partial charge in [0.25, 0.3) is 0 Å². The molecular formula is C10H5ClF3NS. The highest BCUT2D eigenvalue weighted by atomic mass is 35.5. The number of hydrogen-bond acceptors (Lipinski definition) is 2. The highest BCUT2D eigenvalue weighted by Crippen LogP contribution is 2.34. The van der Waals surface area contributed by atoms with Crippen molar-refractivity contribution in [3.63, 3.8) is 0 Å². The minimum atomic E-state index is -4.40. The van der Waals surface area contributed by atoms with Crippen LogP contribution in [-0.4, -0.2) is 4.98 Å². The van der Waals surface area contributed by atoms with E-state index in [-0.39, 0.29) is 10.8 Å². The van der Waals surface area contributed by atoms with Gasteiger partial charge in [-0.3, -0.25) is 0 Å². The predicted molar refractivity (Wildman–Crippen MR) is 57.6 cm³/mol. The van der Waals surface area contributed by atoms with Crippen LogP contribution in [0.2, 0.25) is 5.15 Å². The second kappa shape index (κ2) is 4.07. The van der Waals surface area contributed by atoms with Crippen molar-refractivity contribution < 1.29 is 13.2 Å². The number of alkyl halides is 3. The molecule has 1 nitrogen and oxygen atoms in total. The van der Waals surface area contributed by atoms with Gasteiger partial charge in [0.2, 0.25) is 0 Å². The van der Waals surface area contributed by atoms with Crippen LogP contribution in [0.5, 0.6) is 0 Å². The fourth-order valence-electron chi connectivity index (χ4n) is 1.21. The number of pyridine rings is 1. The van der Waals surface area contributed by atoms with Crippen LogP contribution in [0.15, 0.2) is 29.6 Å². The van der Waals surface area contributed by atoms with Gasteiger partial charge in [-0.15, -0.1) is 11.3 Å². The molecule has 0 unspecified atom stereocenters. The van der Waals surface area contributed by atoms with Crippen molar-refractivity contribution in [1.29, 1.82) is 0 Å². The second-order valence-electron chi connectivity index (χ2n) is 3.04. The Hall–Kier alpha value is -1.07. The Morgan fingerprint density at radius 2 is 2.00 bits per heavy atom. The van der Waals surface area contributed by atoms with Gasteiger partial charge in [-0.1, -0.05) is 17.7 Å². The lowest BCUT2D eigenvalue weighted by Crippen LogP contribution is -2.05. The molecule has 2 aromatic heterocycles. The van der Waals surface area contributed by atoms with Gasteiger partial charge in [0.15, 0.2) is 0 Å². The van der Waals surface area contributed by atoms with Crippen molar-refractivity contribution in [2.75, 3.05) is 0 Å². The number of aromatic nitrogens is 1. The van der Waals surface area contributed by atoms with Crippen LogP contribution >= 0.6 is 22.9 Å². The highest BCUT2D eigenvalue weighted by Gasteiger charge is 2.31. The number of hydrogen-bond donors (Lipinski definition) is 0. The van der Waals surface area contributed by atoms with Gasteiger partial charge in [-0.25, -0.2) is 4.98 Å². The molecule has 0 saturated heterocycles. The van der Waals surface area contributed by atoms with Gasteiger partial charge in [0.1, 0.15) is 5.15 Å². The molecule has 0 saturated carbocycles. The van der Waals surface area contributed by atoms with Crippen molar-refractivity contribution in [3.05, 3.63) is 40.4 Å². The van der Waals surface area contributed by atoms with E-state index < -0.39 is 11.7 Å². The topological polar surface area (TPSA) is 12.9 Å². The van der Waals surface area contributed by atoms with Crippen LogP contribution in [0, 0.1) is 0 Å². The van der Waals surface area contributed by atoms with E-state index in [4.69, 9.17) is 11.6 Å². The Balaban J connectivity index is 2.53. The Morgan fingerprint density at radius 3 is 2.56 bits per heavy atom. The molecule has 16 heavy (non-hydrogen) atoms. The van der Waals surface area contributed by atoms with Gasteiger partial charge in [-0.05, 0) is 23.6 Å². The van der Waals surface area contributed by atoms with E-state index in [0.717, 1.165) is 12.1 Å². The fourth-order valence-corrected chi connectivity index (χ4v) is 2.11. The molecule has 0 N–H and O–H groups in total. The normalized spacial score (nSPS) is 11.8. The first-order valence-electron chi connectivity index (χ1n) is 4.25. The average molecular weight is 264 g/mol. The molecule has 0 bridgehead atoms. The first-order valence-corrected chi connectivity index (χ1v) is 5.51. The maximum atomic E-state index is 12.5. The monoisotopic (exact) mass is 263 g/mol. The molecule has 6 heteroatoms. The second-order valence-corrected chi connectivity index (χ2v) is 4.37. The molecule has 0 fully saturated rings. The molecule has 2 rings (SSSR count). The summed E-state index contributed by atoms with van der Waals surface area (Å²) < 4.78 is 37.5. The zero-order valence-electron chi connectivity index (χ0n) is 7.75. The third-order valence-corrected chi connectivity index (χ3v) is 2.98. The maximum Gasteiger partial charge on any atom is 0.416 e. The number of halogens is 4. The third kappa shape index (κ3) is 2.36. The van der Waals surface area contributed by atoms with Crippen molar-refractivity contribution in [2.24, 2.45) is 0 Å². The van der Waals surface area contributed by atoms with Crippen molar-refractivity contribution in [1.82, 2.24) is 4.98 Å². The number of rotatable bonds is 1. The van der Waals surface area contributed by atoms with Crippen LogP contribution < -0.4 is 0 Å². The molecule has 0 radical (unpaired) electrons. The molecule has 84 valence electrons. The molecule has 0 amide bonds. The molecule has 2 aromatic rings. The largest absolute Gasteiger partial charge is 0.416 e. The summed E-state index contributed by atoms with van der Waals surface area (Å²) in [7, 11) is 0. The minimum absolute atomic E-state index is 0.154. The summed E-state index contributed by atoms with van der Waals surface area (Å²) >= 11 is 6.88. The Bertz CT molecular complexity index is 493. The van der Waals surface area contributed by atoms with E-state index in [0.29, 0.717) is 4.88 Å². The van der Waals surface area contributed by atoms with Gasteiger partial charge in [0.05, 0.1) is 16.1 Å². The Morgan fingerprint density at radius 1 is 1.25 bits per heavy atom. The minimum Gasteiger partial charge on any atom is -0.235 e. The Kier molecular flexibility index (Phi) is 2.90. The third-order valence-electron chi connectivity index (χ3n) is 1.90. The van der Waals surface area contributed by atoms with Crippen LogP contribution in [0.4, 0.5) is 13.2 Å². The zero-order valence-corrected chi connectivity index (χ0v) is 9.33. The highest BCUT2D eigenvalue weighted by molar-refractivity contribution is 7.13. The van der Waals surface area contributed by atoms with Crippen molar-refractivity contribution in [3.8, 4) is 10.6 Å². The van der Waals surface area contributed by atoms with Crippen LogP contribution in [0.3, 0.4) is 0 Å². The summed E-state index contributed by atoms with van der Waals surface area (Å²) in [4.78, 5) is 4.53. The molecule has 0 spiro atoms. The Labute approximate surface area is 98.5 Å². The molecule has 0 aromatic carbocycles. The van der Waals surface area contributed by atoms with Crippen molar-refractivity contribution in [2.45, 2.75) is 6.18 Å². The van der Waals surface area contributed by atoms with Crippen LogP contribution in [-0.2, 0) is 6.18 Å². The van der Waals surface area contributed by atoms with E-state index in [1.54, 1.807) is 17.5 Å². The van der Waals surface area contributed by atoms with Gasteiger partial charge in [0, 0.05) is 0 Å². The van der Waals surface area contributed by atoms with E-state index in [9.17, 15) is 13.2 Å². The molecular weight excluding hydrogens is 259 g/mol. The first kappa shape index (κ1) is 11.4. The summed E-state index contributed by atoms with van der Waals surface area (Å²) in [5.74, 6) is 0. The van der Waals surface area contributed by atoms with E-state index in [1.807, 2.05) is 0 Å². The molecule has 2 heterocycles. The number of nitrogens with zero attached hydrogens (tertiary/aromatic N) is 1. The SMILES string of the molecule is FC(F)(F)c1cc(Cl)nc(-c2cccs2)c1. The number of thiophene rings is 1. The van der Waals surface area contributed by atoms with E-state index in [1.165, 1.54) is 11.3 Å². The fraction of sp³-hybridized carbons (Fsp3) is 0.100. The summed E-state index contributed by atoms with van der Waals surface area (Å²) in [6.45, 7) is 0. The quantitative estimate of drug-likeness (QED) is 0.691. The molecule has 0 atom stereocenters. The van der Waals surface area contributed by atoms with Crippen LogP contribution in [0.1, 0.15) is 5.56 Å². The summed E-state index contributed by atoms with van der Waals surface area (Å²) in [5.41, 5.74) is -0.536. The molecule has 0 aliphatic carbocycles. The smallest absolute Gasteiger partial charge is 0.235 e. The predicted octanol–water partition coefficient (Wildman–Crippen LogP) is 4.48. The standard InChI is InChI=1S/C10H5ClF3NS/c11-9-5-6(10(12,13)14)4-7(15-9)8-2-1-3-16-8/h1-5H. The van der Waals surface area contributed by atoms with E-state index in [2.05, 4.69) is 4.98 Å². The van der Waals surface area contributed by atoms with Crippen molar-refractivity contribution >= 4 is 22.9 Å². The first-order chi connectivity index (χ1) is 7.47. The lowest BCUT2D eigenvalue weighted by atomic mass is 10.2. The van der Waals surface area contributed by atoms with Crippen LogP contribution in [0.25, 0.3) is 10.6 Å². The average Bonchev–Trinajstić information content (AvgIpc) is 2.68. The van der Waals surface area contributed by atoms with Gasteiger partial charge >= 0.3 is 6.18 Å². The van der Waals surface area contributed by atoms with Gasteiger partial charge in [-0.2, -0.15) is 13.2 Å². The summed E-state index contributed by atoms with van der Waals surface area (Å²) in [5, 5.41) is 1.61. The summed E-state index contributed by atoms with van der Waals surface area (Å²) in [6, 6.07) is 5.26. The molecule has 0 aliphatic rings. The lowest BCUT2D eigenvalue weighted by molar-refractivity contribution is -0.137. The van der Waals surface area contributed by atoms with Gasteiger partial charge < -0.3 is 0 Å². The van der Waals surface area contributed by atoms with E-state index >= 15 is 0 Å². The lowest BCUT2D eigenvalue weighted by Gasteiger charge is -2.08.